The third-order valence-corrected chi connectivity index (χ3v) is 1.59. The van der Waals surface area contributed by atoms with Crippen molar-refractivity contribution in [2.75, 3.05) is 0 Å². The Balaban J connectivity index is 4.42. The summed E-state index contributed by atoms with van der Waals surface area (Å²) in [7, 11) is 0. The summed E-state index contributed by atoms with van der Waals surface area (Å²) in [6.07, 6.45) is 2.37. The van der Waals surface area contributed by atoms with Gasteiger partial charge in [0.25, 0.3) is 0 Å². The molecule has 1 nitrogen and oxygen atoms in total. The first-order valence-corrected chi connectivity index (χ1v) is 3.73. The molecule has 0 unspecified atom stereocenters. The lowest BCUT2D eigenvalue weighted by molar-refractivity contribution is 0.424. The quantitative estimate of drug-likeness (QED) is 0.423. The topological polar surface area (TPSA) is 20.2 Å². The zero-order valence-corrected chi connectivity index (χ0v) is 7.61. The molecule has 0 aliphatic carbocycles. The van der Waals surface area contributed by atoms with Gasteiger partial charge in [-0.15, -0.1) is 6.58 Å². The maximum Gasteiger partial charge on any atom is 0.112 e. The lowest BCUT2D eigenvalue weighted by Gasteiger charge is -2.02. The fourth-order valence-electron chi connectivity index (χ4n) is 0.602. The van der Waals surface area contributed by atoms with Crippen molar-refractivity contribution in [1.82, 2.24) is 0 Å². The van der Waals surface area contributed by atoms with Crippen molar-refractivity contribution >= 4 is 15.9 Å². The van der Waals surface area contributed by atoms with Crippen LogP contribution in [0.1, 0.15) is 13.3 Å². The molecule has 0 amide bonds. The van der Waals surface area contributed by atoms with Gasteiger partial charge in [0.1, 0.15) is 5.76 Å². The standard InChI is InChI=1S/C8H11BrO/c1-4-5-8(6(2)9)7(3)10/h4,10H,1,3,5H2,2H3/b8-6+. The Morgan fingerprint density at radius 3 is 2.30 bits per heavy atom. The number of aliphatic hydroxyl groups is 1. The minimum absolute atomic E-state index is 0.106. The molecular formula is C8H11BrO. The highest BCUT2D eigenvalue weighted by molar-refractivity contribution is 9.11. The molecular weight excluding hydrogens is 192 g/mol. The van der Waals surface area contributed by atoms with Crippen LogP contribution in [0, 0.1) is 0 Å². The van der Waals surface area contributed by atoms with Crippen molar-refractivity contribution in [3.63, 3.8) is 0 Å². The highest BCUT2D eigenvalue weighted by atomic mass is 79.9. The Hall–Kier alpha value is -0.500. The first-order valence-electron chi connectivity index (χ1n) is 2.94. The molecule has 1 N–H and O–H groups in total. The van der Waals surface area contributed by atoms with Gasteiger partial charge in [-0.2, -0.15) is 0 Å². The molecule has 0 saturated carbocycles. The molecule has 0 aliphatic heterocycles. The van der Waals surface area contributed by atoms with Gasteiger partial charge in [-0.25, -0.2) is 0 Å². The molecule has 0 aromatic heterocycles. The first kappa shape index (κ1) is 9.50. The third kappa shape index (κ3) is 2.87. The van der Waals surface area contributed by atoms with Crippen LogP contribution in [0.5, 0.6) is 0 Å². The van der Waals surface area contributed by atoms with E-state index in [-0.39, 0.29) is 5.76 Å². The second kappa shape index (κ2) is 4.34. The molecule has 0 aromatic rings. The molecule has 10 heavy (non-hydrogen) atoms. The van der Waals surface area contributed by atoms with Crippen LogP contribution >= 0.6 is 15.9 Å². The molecule has 0 heterocycles. The Bertz CT molecular complexity index is 176. The highest BCUT2D eigenvalue weighted by Gasteiger charge is 2.00. The summed E-state index contributed by atoms with van der Waals surface area (Å²) in [5.74, 6) is 0.106. The van der Waals surface area contributed by atoms with Crippen molar-refractivity contribution in [2.45, 2.75) is 13.3 Å². The van der Waals surface area contributed by atoms with E-state index in [2.05, 4.69) is 29.1 Å². The number of rotatable bonds is 3. The van der Waals surface area contributed by atoms with Gasteiger partial charge in [-0.05, 0) is 17.8 Å². The minimum atomic E-state index is 0.106. The molecule has 0 aliphatic rings. The average molecular weight is 203 g/mol. The van der Waals surface area contributed by atoms with E-state index in [1.807, 2.05) is 6.92 Å². The fourth-order valence-corrected chi connectivity index (χ4v) is 0.992. The molecule has 0 bridgehead atoms. The Morgan fingerprint density at radius 2 is 2.20 bits per heavy atom. The maximum absolute atomic E-state index is 8.98. The smallest absolute Gasteiger partial charge is 0.112 e. The van der Waals surface area contributed by atoms with E-state index in [4.69, 9.17) is 5.11 Å². The predicted molar refractivity (Wildman–Crippen MR) is 48.2 cm³/mol. The molecule has 0 rings (SSSR count). The van der Waals surface area contributed by atoms with Crippen LogP contribution in [0.4, 0.5) is 0 Å². The number of allylic oxidation sites excluding steroid dienone is 3. The second-order valence-electron chi connectivity index (χ2n) is 1.95. The molecule has 0 aromatic carbocycles. The fraction of sp³-hybridized carbons (Fsp3) is 0.250. The summed E-state index contributed by atoms with van der Waals surface area (Å²) in [6, 6.07) is 0. The summed E-state index contributed by atoms with van der Waals surface area (Å²) in [5.41, 5.74) is 0.801. The van der Waals surface area contributed by atoms with Crippen LogP contribution in [0.25, 0.3) is 0 Å². The van der Waals surface area contributed by atoms with E-state index >= 15 is 0 Å². The maximum atomic E-state index is 8.98. The van der Waals surface area contributed by atoms with Gasteiger partial charge in [0.15, 0.2) is 0 Å². The first-order chi connectivity index (χ1) is 4.59. The van der Waals surface area contributed by atoms with Crippen LogP contribution in [0.2, 0.25) is 0 Å². The summed E-state index contributed by atoms with van der Waals surface area (Å²) in [5, 5.41) is 8.98. The monoisotopic (exact) mass is 202 g/mol. The van der Waals surface area contributed by atoms with Gasteiger partial charge in [0, 0.05) is 5.57 Å². The molecule has 0 atom stereocenters. The van der Waals surface area contributed by atoms with Crippen LogP contribution in [0.3, 0.4) is 0 Å². The second-order valence-corrected chi connectivity index (χ2v) is 3.14. The third-order valence-electron chi connectivity index (χ3n) is 1.11. The van der Waals surface area contributed by atoms with Gasteiger partial charge in [-0.1, -0.05) is 28.6 Å². The zero-order chi connectivity index (χ0) is 8.15. The SMILES string of the molecule is C=CC/C(C(=C)O)=C(/C)Br. The molecule has 0 fully saturated rings. The summed E-state index contributed by atoms with van der Waals surface area (Å²) in [4.78, 5) is 0. The lowest BCUT2D eigenvalue weighted by Crippen LogP contribution is -1.86. The Morgan fingerprint density at radius 1 is 1.70 bits per heavy atom. The number of hydrogen-bond donors (Lipinski definition) is 1. The summed E-state index contributed by atoms with van der Waals surface area (Å²) in [6.45, 7) is 8.83. The van der Waals surface area contributed by atoms with Crippen molar-refractivity contribution in [2.24, 2.45) is 0 Å². The van der Waals surface area contributed by atoms with Crippen LogP contribution in [-0.4, -0.2) is 5.11 Å². The Kier molecular flexibility index (Phi) is 4.12. The molecule has 56 valence electrons. The van der Waals surface area contributed by atoms with Gasteiger partial charge >= 0.3 is 0 Å². The van der Waals surface area contributed by atoms with Crippen LogP contribution in [0.15, 0.2) is 35.0 Å². The van der Waals surface area contributed by atoms with Gasteiger partial charge in [-0.3, -0.25) is 0 Å². The Labute approximate surface area is 69.9 Å². The van der Waals surface area contributed by atoms with E-state index in [0.717, 1.165) is 10.1 Å². The largest absolute Gasteiger partial charge is 0.508 e. The summed E-state index contributed by atoms with van der Waals surface area (Å²) >= 11 is 3.25. The van der Waals surface area contributed by atoms with Gasteiger partial charge < -0.3 is 5.11 Å². The van der Waals surface area contributed by atoms with E-state index in [0.29, 0.717) is 6.42 Å². The highest BCUT2D eigenvalue weighted by Crippen LogP contribution is 2.19. The average Bonchev–Trinajstić information content (AvgIpc) is 1.81. The normalized spacial score (nSPS) is 12.2. The lowest BCUT2D eigenvalue weighted by atomic mass is 10.1. The number of hydrogen-bond acceptors (Lipinski definition) is 1. The molecule has 0 radical (unpaired) electrons. The zero-order valence-electron chi connectivity index (χ0n) is 6.02. The van der Waals surface area contributed by atoms with E-state index in [1.165, 1.54) is 0 Å². The van der Waals surface area contributed by atoms with E-state index in [9.17, 15) is 0 Å². The summed E-state index contributed by atoms with van der Waals surface area (Å²) < 4.78 is 0.903. The number of halogens is 1. The minimum Gasteiger partial charge on any atom is -0.508 e. The van der Waals surface area contributed by atoms with Crippen molar-refractivity contribution in [1.29, 1.82) is 0 Å². The van der Waals surface area contributed by atoms with Crippen molar-refractivity contribution in [3.8, 4) is 0 Å². The molecule has 2 heteroatoms. The van der Waals surface area contributed by atoms with Crippen molar-refractivity contribution < 1.29 is 5.11 Å². The molecule has 0 saturated heterocycles. The van der Waals surface area contributed by atoms with Gasteiger partial charge in [0.05, 0.1) is 0 Å². The molecule has 0 spiro atoms. The van der Waals surface area contributed by atoms with Crippen LogP contribution in [-0.2, 0) is 0 Å². The predicted octanol–water partition coefficient (Wildman–Crippen LogP) is 3.30. The van der Waals surface area contributed by atoms with Crippen LogP contribution < -0.4 is 0 Å². The van der Waals surface area contributed by atoms with Gasteiger partial charge in [0.2, 0.25) is 0 Å². The van der Waals surface area contributed by atoms with E-state index < -0.39 is 0 Å². The van der Waals surface area contributed by atoms with Crippen molar-refractivity contribution in [3.05, 3.63) is 35.0 Å². The number of aliphatic hydroxyl groups excluding tert-OH is 1. The van der Waals surface area contributed by atoms with E-state index in [1.54, 1.807) is 6.08 Å².